The Bertz CT molecular complexity index is 805. The number of aliphatic imine (C=N–C) groups is 1. The minimum atomic E-state index is 0. The third-order valence-corrected chi connectivity index (χ3v) is 5.66. The Hall–Kier alpha value is -1.68. The number of nitrogens with zero attached hydrogens (tertiary/aromatic N) is 5. The summed E-state index contributed by atoms with van der Waals surface area (Å²) < 4.78 is 2.09. The maximum absolute atomic E-state index is 4.85. The molecule has 7 nitrogen and oxygen atoms in total. The van der Waals surface area contributed by atoms with Crippen molar-refractivity contribution in [3.8, 4) is 0 Å². The number of guanidine groups is 1. The molecule has 1 aromatic heterocycles. The molecule has 3 rings (SSSR count). The summed E-state index contributed by atoms with van der Waals surface area (Å²) in [6, 6.07) is 8.72. The SMILES string of the molecule is CCNC(=NCc1ccccc1CN1CCCC(C)C1)NCCn1cnnc1CC.I. The summed E-state index contributed by atoms with van der Waals surface area (Å²) in [6.45, 7) is 13.1. The van der Waals surface area contributed by atoms with E-state index in [1.54, 1.807) is 6.33 Å². The third-order valence-electron chi connectivity index (χ3n) is 5.66. The molecule has 1 aromatic carbocycles. The van der Waals surface area contributed by atoms with Crippen molar-refractivity contribution in [2.45, 2.75) is 59.7 Å². The number of halogens is 1. The second-order valence-corrected chi connectivity index (χ2v) is 8.17. The molecule has 2 aromatic rings. The van der Waals surface area contributed by atoms with Gasteiger partial charge in [0.1, 0.15) is 12.2 Å². The molecule has 31 heavy (non-hydrogen) atoms. The van der Waals surface area contributed by atoms with Gasteiger partial charge in [0.05, 0.1) is 6.54 Å². The normalized spacial score (nSPS) is 17.3. The van der Waals surface area contributed by atoms with Crippen LogP contribution in [0.15, 0.2) is 35.6 Å². The smallest absolute Gasteiger partial charge is 0.191 e. The zero-order valence-electron chi connectivity index (χ0n) is 19.2. The molecule has 0 radical (unpaired) electrons. The summed E-state index contributed by atoms with van der Waals surface area (Å²) >= 11 is 0. The quantitative estimate of drug-likeness (QED) is 0.290. The van der Waals surface area contributed by atoms with Crippen LogP contribution in [0.1, 0.15) is 50.6 Å². The molecule has 0 saturated carbocycles. The molecule has 8 heteroatoms. The van der Waals surface area contributed by atoms with E-state index in [4.69, 9.17) is 4.99 Å². The van der Waals surface area contributed by atoms with Gasteiger partial charge >= 0.3 is 0 Å². The Morgan fingerprint density at radius 1 is 1.19 bits per heavy atom. The monoisotopic (exact) mass is 539 g/mol. The molecule has 1 fully saturated rings. The molecule has 0 bridgehead atoms. The van der Waals surface area contributed by atoms with Crippen LogP contribution in [0.4, 0.5) is 0 Å². The highest BCUT2D eigenvalue weighted by Gasteiger charge is 2.17. The van der Waals surface area contributed by atoms with Crippen LogP contribution < -0.4 is 10.6 Å². The lowest BCUT2D eigenvalue weighted by Crippen LogP contribution is -2.39. The van der Waals surface area contributed by atoms with Crippen LogP contribution >= 0.6 is 24.0 Å². The maximum Gasteiger partial charge on any atom is 0.191 e. The first-order chi connectivity index (χ1) is 14.7. The first-order valence-corrected chi connectivity index (χ1v) is 11.4. The number of hydrogen-bond acceptors (Lipinski definition) is 4. The van der Waals surface area contributed by atoms with E-state index >= 15 is 0 Å². The predicted octanol–water partition coefficient (Wildman–Crippen LogP) is 3.45. The first-order valence-electron chi connectivity index (χ1n) is 11.4. The van der Waals surface area contributed by atoms with Gasteiger partial charge in [-0.15, -0.1) is 34.2 Å². The van der Waals surface area contributed by atoms with Gasteiger partial charge < -0.3 is 15.2 Å². The maximum atomic E-state index is 4.85. The van der Waals surface area contributed by atoms with Crippen molar-refractivity contribution in [2.75, 3.05) is 26.2 Å². The Balaban J connectivity index is 0.00000341. The Labute approximate surface area is 204 Å². The van der Waals surface area contributed by atoms with E-state index in [2.05, 4.69) is 75.3 Å². The van der Waals surface area contributed by atoms with Crippen LogP contribution in [-0.4, -0.2) is 51.8 Å². The zero-order chi connectivity index (χ0) is 21.2. The van der Waals surface area contributed by atoms with Crippen molar-refractivity contribution in [3.63, 3.8) is 0 Å². The molecule has 2 N–H and O–H groups in total. The molecule has 1 saturated heterocycles. The molecule has 0 aliphatic carbocycles. The fraction of sp³-hybridized carbons (Fsp3) is 0.609. The van der Waals surface area contributed by atoms with Gasteiger partial charge in [-0.3, -0.25) is 4.90 Å². The van der Waals surface area contributed by atoms with Crippen molar-refractivity contribution in [1.82, 2.24) is 30.3 Å². The van der Waals surface area contributed by atoms with Crippen molar-refractivity contribution in [1.29, 1.82) is 0 Å². The van der Waals surface area contributed by atoms with E-state index in [0.717, 1.165) is 50.3 Å². The molecule has 1 unspecified atom stereocenters. The van der Waals surface area contributed by atoms with Crippen LogP contribution in [0.2, 0.25) is 0 Å². The van der Waals surface area contributed by atoms with E-state index in [-0.39, 0.29) is 24.0 Å². The van der Waals surface area contributed by atoms with Gasteiger partial charge in [-0.25, -0.2) is 4.99 Å². The number of aromatic nitrogens is 3. The predicted molar refractivity (Wildman–Crippen MR) is 138 cm³/mol. The first kappa shape index (κ1) is 25.6. The lowest BCUT2D eigenvalue weighted by Gasteiger charge is -2.31. The number of rotatable bonds is 9. The molecule has 2 heterocycles. The number of likely N-dealkylation sites (tertiary alicyclic amines) is 1. The molecule has 1 aliphatic rings. The summed E-state index contributed by atoms with van der Waals surface area (Å²) in [4.78, 5) is 7.44. The van der Waals surface area contributed by atoms with Crippen LogP contribution in [0, 0.1) is 5.92 Å². The van der Waals surface area contributed by atoms with Gasteiger partial charge in [-0.2, -0.15) is 0 Å². The molecular weight excluding hydrogens is 501 g/mol. The average Bonchev–Trinajstić information content (AvgIpc) is 3.20. The van der Waals surface area contributed by atoms with E-state index in [0.29, 0.717) is 6.54 Å². The number of benzene rings is 1. The van der Waals surface area contributed by atoms with Gasteiger partial charge in [-0.05, 0) is 43.4 Å². The molecule has 172 valence electrons. The van der Waals surface area contributed by atoms with Crippen LogP contribution in [0.25, 0.3) is 0 Å². The zero-order valence-corrected chi connectivity index (χ0v) is 21.5. The van der Waals surface area contributed by atoms with Gasteiger partial charge in [0, 0.05) is 39.1 Å². The Kier molecular flexibility index (Phi) is 11.3. The van der Waals surface area contributed by atoms with Crippen molar-refractivity contribution < 1.29 is 0 Å². The number of piperidine rings is 1. The second-order valence-electron chi connectivity index (χ2n) is 8.17. The number of aryl methyl sites for hydroxylation is 1. The van der Waals surface area contributed by atoms with Gasteiger partial charge in [0.25, 0.3) is 0 Å². The topological polar surface area (TPSA) is 70.4 Å². The third kappa shape index (κ3) is 8.07. The number of nitrogens with one attached hydrogen (secondary N) is 2. The Morgan fingerprint density at radius 3 is 2.74 bits per heavy atom. The summed E-state index contributed by atoms with van der Waals surface area (Å²) in [5.74, 6) is 2.66. The van der Waals surface area contributed by atoms with Crippen LogP contribution in [-0.2, 0) is 26.1 Å². The summed E-state index contributed by atoms with van der Waals surface area (Å²) in [5, 5.41) is 14.9. The van der Waals surface area contributed by atoms with Crippen LogP contribution in [0.3, 0.4) is 0 Å². The molecular formula is C23H38IN7. The standard InChI is InChI=1S/C23H37N7.HI/c1-4-22-28-27-18-30(22)14-12-25-23(24-5-2)26-15-20-10-6-7-11-21(20)17-29-13-8-9-19(3)16-29;/h6-7,10-11,18-19H,4-5,8-9,12-17H2,1-3H3,(H2,24,25,26);1H. The van der Waals surface area contributed by atoms with Crippen LogP contribution in [0.5, 0.6) is 0 Å². The largest absolute Gasteiger partial charge is 0.357 e. The number of hydrogen-bond donors (Lipinski definition) is 2. The van der Waals surface area contributed by atoms with E-state index in [1.165, 1.54) is 37.1 Å². The lowest BCUT2D eigenvalue weighted by molar-refractivity contribution is 0.176. The highest BCUT2D eigenvalue weighted by molar-refractivity contribution is 14.0. The fourth-order valence-electron chi connectivity index (χ4n) is 4.08. The highest BCUT2D eigenvalue weighted by Crippen LogP contribution is 2.20. The summed E-state index contributed by atoms with van der Waals surface area (Å²) in [7, 11) is 0. The fourth-order valence-corrected chi connectivity index (χ4v) is 4.08. The highest BCUT2D eigenvalue weighted by atomic mass is 127. The molecule has 0 amide bonds. The molecule has 1 aliphatic heterocycles. The Morgan fingerprint density at radius 2 is 2.00 bits per heavy atom. The minimum absolute atomic E-state index is 0. The van der Waals surface area contributed by atoms with Gasteiger partial charge in [0.2, 0.25) is 0 Å². The molecule has 0 spiro atoms. The average molecular weight is 540 g/mol. The summed E-state index contributed by atoms with van der Waals surface area (Å²) in [5.41, 5.74) is 2.70. The van der Waals surface area contributed by atoms with Crippen molar-refractivity contribution >= 4 is 29.9 Å². The lowest BCUT2D eigenvalue weighted by atomic mass is 9.99. The van der Waals surface area contributed by atoms with Gasteiger partial charge in [0.15, 0.2) is 5.96 Å². The van der Waals surface area contributed by atoms with E-state index in [1.807, 2.05) is 0 Å². The second kappa shape index (κ2) is 13.7. The van der Waals surface area contributed by atoms with Gasteiger partial charge in [-0.1, -0.05) is 38.1 Å². The molecule has 1 atom stereocenters. The van der Waals surface area contributed by atoms with Crippen molar-refractivity contribution in [3.05, 3.63) is 47.5 Å². The van der Waals surface area contributed by atoms with E-state index < -0.39 is 0 Å². The minimum Gasteiger partial charge on any atom is -0.357 e. The van der Waals surface area contributed by atoms with Crippen molar-refractivity contribution in [2.24, 2.45) is 10.9 Å². The summed E-state index contributed by atoms with van der Waals surface area (Å²) in [6.07, 6.45) is 5.35. The van der Waals surface area contributed by atoms with E-state index in [9.17, 15) is 0 Å².